The number of benzene rings is 4. The van der Waals surface area contributed by atoms with E-state index in [-0.39, 0.29) is 33.5 Å². The van der Waals surface area contributed by atoms with E-state index in [1.165, 1.54) is 80.9 Å². The van der Waals surface area contributed by atoms with Crippen molar-refractivity contribution in [2.75, 3.05) is 35.9 Å². The second-order valence-corrected chi connectivity index (χ2v) is 13.5. The van der Waals surface area contributed by atoms with E-state index >= 15 is 0 Å². The maximum absolute atomic E-state index is 13.9. The first-order valence-corrected chi connectivity index (χ1v) is 16.5. The Hall–Kier alpha value is -5.28. The number of rotatable bonds is 15. The van der Waals surface area contributed by atoms with Crippen molar-refractivity contribution in [1.29, 1.82) is 0 Å². The van der Waals surface area contributed by atoms with Gasteiger partial charge >= 0.3 is 0 Å². The Kier molecular flexibility index (Phi) is 10.4. The van der Waals surface area contributed by atoms with Crippen LogP contribution in [0.1, 0.15) is 5.56 Å². The summed E-state index contributed by atoms with van der Waals surface area (Å²) in [5.41, 5.74) is 11.5. The van der Waals surface area contributed by atoms with Crippen molar-refractivity contribution in [2.45, 2.75) is 16.4 Å². The van der Waals surface area contributed by atoms with Gasteiger partial charge in [-0.25, -0.2) is 16.8 Å². The molecule has 4 rings (SSSR count). The Balaban J connectivity index is 1.88. The molecule has 242 valence electrons. The van der Waals surface area contributed by atoms with Crippen molar-refractivity contribution < 1.29 is 40.6 Å². The number of hydrogen-bond acceptors (Lipinski definition) is 9. The minimum Gasteiger partial charge on any atom is -0.497 e. The predicted molar refractivity (Wildman–Crippen MR) is 171 cm³/mol. The molecule has 0 bridgehead atoms. The van der Waals surface area contributed by atoms with E-state index in [2.05, 4.69) is 0 Å². The molecule has 0 unspecified atom stereocenters. The quantitative estimate of drug-likeness (QED) is 0.192. The number of sulfonamides is 2. The van der Waals surface area contributed by atoms with E-state index in [9.17, 15) is 26.4 Å². The number of nitrogens with two attached hydrogens (primary N) is 2. The lowest BCUT2D eigenvalue weighted by Gasteiger charge is -2.28. The minimum atomic E-state index is -4.43. The third-order valence-corrected chi connectivity index (χ3v) is 10.2. The van der Waals surface area contributed by atoms with Crippen LogP contribution in [0.2, 0.25) is 0 Å². The number of hydrogen-bond donors (Lipinski definition) is 2. The first-order valence-electron chi connectivity index (χ1n) is 13.6. The molecule has 46 heavy (non-hydrogen) atoms. The van der Waals surface area contributed by atoms with Gasteiger partial charge in [-0.3, -0.25) is 18.2 Å². The fourth-order valence-corrected chi connectivity index (χ4v) is 7.23. The summed E-state index contributed by atoms with van der Waals surface area (Å²) in [6, 6.07) is 23.7. The van der Waals surface area contributed by atoms with Crippen LogP contribution in [0.5, 0.6) is 17.2 Å². The fraction of sp³-hybridized carbons (Fsp3) is 0.161. The molecule has 0 spiro atoms. The van der Waals surface area contributed by atoms with Crippen LogP contribution in [0.25, 0.3) is 0 Å². The van der Waals surface area contributed by atoms with E-state index < -0.39 is 45.0 Å². The predicted octanol–water partition coefficient (Wildman–Crippen LogP) is 2.64. The zero-order chi connectivity index (χ0) is 33.5. The Bertz CT molecular complexity index is 1900. The summed E-state index contributed by atoms with van der Waals surface area (Å²) in [5.74, 6) is -1.23. The molecule has 4 aromatic carbocycles. The van der Waals surface area contributed by atoms with Gasteiger partial charge in [0, 0.05) is 6.07 Å². The zero-order valence-corrected chi connectivity index (χ0v) is 26.5. The molecule has 0 fully saturated rings. The number of anilines is 2. The molecule has 4 N–H and O–H groups in total. The molecule has 15 heteroatoms. The van der Waals surface area contributed by atoms with E-state index in [0.29, 0.717) is 17.1 Å². The largest absolute Gasteiger partial charge is 0.497 e. The lowest BCUT2D eigenvalue weighted by atomic mass is 10.2. The van der Waals surface area contributed by atoms with Gasteiger partial charge in [0.25, 0.3) is 20.0 Å². The van der Waals surface area contributed by atoms with E-state index in [0.717, 1.165) is 8.61 Å². The molecule has 0 aromatic heterocycles. The van der Waals surface area contributed by atoms with E-state index in [1.807, 2.05) is 0 Å². The molecule has 4 aromatic rings. The van der Waals surface area contributed by atoms with Crippen LogP contribution in [0.15, 0.2) is 107 Å². The molecule has 0 saturated carbocycles. The highest BCUT2D eigenvalue weighted by molar-refractivity contribution is 7.93. The van der Waals surface area contributed by atoms with Gasteiger partial charge in [-0.1, -0.05) is 30.3 Å². The van der Waals surface area contributed by atoms with Crippen molar-refractivity contribution in [3.05, 3.63) is 103 Å². The van der Waals surface area contributed by atoms with Gasteiger partial charge in [0.15, 0.2) is 0 Å². The Morgan fingerprint density at radius 2 is 1.13 bits per heavy atom. The summed E-state index contributed by atoms with van der Waals surface area (Å²) in [5, 5.41) is 0. The molecular formula is C31H32N4O9S2. The van der Waals surface area contributed by atoms with Gasteiger partial charge in [0.2, 0.25) is 11.8 Å². The Morgan fingerprint density at radius 3 is 1.61 bits per heavy atom. The summed E-state index contributed by atoms with van der Waals surface area (Å²) >= 11 is 0. The van der Waals surface area contributed by atoms with Crippen LogP contribution < -0.4 is 34.3 Å². The second-order valence-electron chi connectivity index (χ2n) is 9.73. The number of nitrogens with zero attached hydrogens (tertiary/aromatic N) is 2. The van der Waals surface area contributed by atoms with Gasteiger partial charge in [-0.05, 0) is 66.2 Å². The van der Waals surface area contributed by atoms with Gasteiger partial charge < -0.3 is 25.7 Å². The molecule has 0 saturated heterocycles. The van der Waals surface area contributed by atoms with Crippen molar-refractivity contribution in [1.82, 2.24) is 0 Å². The highest BCUT2D eigenvalue weighted by atomic mass is 32.2. The number of amides is 2. The fourth-order valence-electron chi connectivity index (χ4n) is 4.36. The smallest absolute Gasteiger partial charge is 0.264 e. The summed E-state index contributed by atoms with van der Waals surface area (Å²) < 4.78 is 73.2. The second kappa shape index (κ2) is 14.2. The summed E-state index contributed by atoms with van der Waals surface area (Å²) in [7, 11) is -5.96. The van der Waals surface area contributed by atoms with Gasteiger partial charge in [0.1, 0.15) is 36.9 Å². The molecule has 0 aliphatic heterocycles. The maximum atomic E-state index is 13.9. The molecule has 0 radical (unpaired) electrons. The highest BCUT2D eigenvalue weighted by Gasteiger charge is 2.32. The van der Waals surface area contributed by atoms with E-state index in [4.69, 9.17) is 25.7 Å². The molecule has 0 aliphatic carbocycles. The lowest BCUT2D eigenvalue weighted by molar-refractivity contribution is -0.117. The zero-order valence-electron chi connectivity index (χ0n) is 24.9. The number of ether oxygens (including phenoxy) is 3. The molecular weight excluding hydrogens is 636 g/mol. The number of carbonyl (C=O) groups excluding carboxylic acids is 2. The van der Waals surface area contributed by atoms with Crippen LogP contribution in [0.3, 0.4) is 0 Å². The van der Waals surface area contributed by atoms with Crippen LogP contribution >= 0.6 is 0 Å². The van der Waals surface area contributed by atoms with E-state index in [1.54, 1.807) is 30.3 Å². The lowest BCUT2D eigenvalue weighted by Crippen LogP contribution is -2.39. The monoisotopic (exact) mass is 668 g/mol. The molecule has 2 amide bonds. The average molecular weight is 669 g/mol. The minimum absolute atomic E-state index is 0.0641. The van der Waals surface area contributed by atoms with Crippen molar-refractivity contribution >= 4 is 43.2 Å². The Morgan fingerprint density at radius 1 is 0.652 bits per heavy atom. The molecule has 0 atom stereocenters. The number of primary amides is 2. The summed E-state index contributed by atoms with van der Waals surface area (Å²) in [4.78, 5) is 24.0. The summed E-state index contributed by atoms with van der Waals surface area (Å²) in [6.45, 7) is -1.59. The maximum Gasteiger partial charge on any atom is 0.264 e. The first-order chi connectivity index (χ1) is 21.9. The average Bonchev–Trinajstić information content (AvgIpc) is 3.05. The third kappa shape index (κ3) is 7.68. The van der Waals surface area contributed by atoms with Crippen LogP contribution in [0, 0.1) is 0 Å². The first kappa shape index (κ1) is 33.6. The molecule has 13 nitrogen and oxygen atoms in total. The highest BCUT2D eigenvalue weighted by Crippen LogP contribution is 2.38. The van der Waals surface area contributed by atoms with Gasteiger partial charge in [-0.2, -0.15) is 0 Å². The van der Waals surface area contributed by atoms with Crippen molar-refractivity contribution in [3.63, 3.8) is 0 Å². The van der Waals surface area contributed by atoms with Crippen molar-refractivity contribution in [2.24, 2.45) is 11.5 Å². The van der Waals surface area contributed by atoms with Crippen molar-refractivity contribution in [3.8, 4) is 17.2 Å². The molecule has 0 heterocycles. The third-order valence-electron chi connectivity index (χ3n) is 6.63. The van der Waals surface area contributed by atoms with Gasteiger partial charge in [-0.15, -0.1) is 0 Å². The SMILES string of the molecule is COc1ccc(S(=O)(=O)N(CC(N)=O)c2ccc(N(CC(N)=O)S(=O)(=O)c3ccc(OC)cc3)c(OCc3ccccc3)c2)cc1. The Labute approximate surface area is 267 Å². The normalized spacial score (nSPS) is 11.3. The number of methoxy groups -OCH3 is 2. The molecule has 0 aliphatic rings. The van der Waals surface area contributed by atoms with Crippen LogP contribution in [-0.2, 0) is 36.2 Å². The summed E-state index contributed by atoms with van der Waals surface area (Å²) in [6.07, 6.45) is 0. The number of carbonyl (C=O) groups is 2. The topological polar surface area (TPSA) is 189 Å². The standard InChI is InChI=1S/C31H32N4O9S2/c1-42-24-9-13-26(14-10-24)45(38,39)34(19-30(32)36)23-8-17-28(29(18-23)44-21-22-6-4-3-5-7-22)35(20-31(33)37)46(40,41)27-15-11-25(43-2)12-16-27/h3-18H,19-21H2,1-2H3,(H2,32,36)(H2,33,37). The van der Waals surface area contributed by atoms with Crippen LogP contribution in [0.4, 0.5) is 11.4 Å². The van der Waals surface area contributed by atoms with Gasteiger partial charge in [0.05, 0.1) is 35.4 Å². The van der Waals surface area contributed by atoms with Crippen LogP contribution in [-0.4, -0.2) is 56.0 Å².